The van der Waals surface area contributed by atoms with Gasteiger partial charge in [0.2, 0.25) is 6.23 Å². The molecule has 21 heavy (non-hydrogen) atoms. The molecular formula is C11H9ClF3N3O3. The lowest BCUT2D eigenvalue weighted by Gasteiger charge is -2.20. The van der Waals surface area contributed by atoms with Crippen molar-refractivity contribution in [3.05, 3.63) is 22.2 Å². The Morgan fingerprint density at radius 3 is 2.81 bits per heavy atom. The van der Waals surface area contributed by atoms with Gasteiger partial charge in [0.15, 0.2) is 6.17 Å². The van der Waals surface area contributed by atoms with E-state index in [4.69, 9.17) is 27.2 Å². The Morgan fingerprint density at radius 2 is 2.29 bits per heavy atom. The summed E-state index contributed by atoms with van der Waals surface area (Å²) in [6.45, 7) is -0.960. The molecule has 0 saturated carbocycles. The van der Waals surface area contributed by atoms with E-state index in [9.17, 15) is 18.0 Å². The van der Waals surface area contributed by atoms with E-state index in [0.717, 1.165) is 6.20 Å². The van der Waals surface area contributed by atoms with Crippen LogP contribution in [0.4, 0.5) is 19.0 Å². The number of rotatable bonds is 2. The van der Waals surface area contributed by atoms with Crippen molar-refractivity contribution >= 4 is 17.4 Å². The van der Waals surface area contributed by atoms with Crippen molar-refractivity contribution < 1.29 is 23.0 Å². The Balaban J connectivity index is 2.53. The maximum absolute atomic E-state index is 13.8. The number of nitrogens with two attached hydrogens (primary N) is 1. The third-order valence-corrected chi connectivity index (χ3v) is 3.02. The number of halogens is 4. The highest BCUT2D eigenvalue weighted by molar-refractivity contribution is 6.30. The number of nitrogens with zero attached hydrogens (tertiary/aromatic N) is 2. The fourth-order valence-electron chi connectivity index (χ4n) is 1.89. The summed E-state index contributed by atoms with van der Waals surface area (Å²) in [6.07, 6.45) is -5.93. The molecule has 0 radical (unpaired) electrons. The van der Waals surface area contributed by atoms with E-state index in [1.165, 1.54) is 0 Å². The molecule has 2 heterocycles. The number of hydrogen-bond donors (Lipinski definition) is 2. The van der Waals surface area contributed by atoms with E-state index in [-0.39, 0.29) is 11.4 Å². The number of aliphatic hydroxyl groups is 1. The summed E-state index contributed by atoms with van der Waals surface area (Å²) in [7, 11) is 0. The minimum atomic E-state index is -4.03. The summed E-state index contributed by atoms with van der Waals surface area (Å²) in [5, 5.41) is 10.8. The van der Waals surface area contributed by atoms with Crippen LogP contribution in [0.5, 0.6) is 0 Å². The largest absolute Gasteiger partial charge is 0.394 e. The van der Waals surface area contributed by atoms with E-state index in [2.05, 4.69) is 10.9 Å². The number of anilines is 1. The van der Waals surface area contributed by atoms with Gasteiger partial charge in [-0.2, -0.15) is 13.8 Å². The maximum Gasteiger partial charge on any atom is 0.351 e. The fourth-order valence-corrected chi connectivity index (χ4v) is 1.99. The van der Waals surface area contributed by atoms with Crippen molar-refractivity contribution in [2.24, 2.45) is 0 Å². The van der Waals surface area contributed by atoms with Crippen LogP contribution in [-0.2, 0) is 4.74 Å². The number of nitrogen functional groups attached to an aromatic ring is 1. The number of aliphatic hydroxyl groups excluding tert-OH is 1. The Kier molecular flexibility index (Phi) is 4.13. The highest BCUT2D eigenvalue weighted by Crippen LogP contribution is 2.43. The second-order valence-corrected chi connectivity index (χ2v) is 4.42. The summed E-state index contributed by atoms with van der Waals surface area (Å²) in [4.78, 5) is 15.0. The van der Waals surface area contributed by atoms with Gasteiger partial charge >= 0.3 is 11.6 Å². The smallest absolute Gasteiger partial charge is 0.351 e. The van der Waals surface area contributed by atoms with Crippen LogP contribution in [0.3, 0.4) is 0 Å². The molecule has 0 amide bonds. The van der Waals surface area contributed by atoms with E-state index in [1.54, 1.807) is 0 Å². The summed E-state index contributed by atoms with van der Waals surface area (Å²) < 4.78 is 46.3. The van der Waals surface area contributed by atoms with Gasteiger partial charge in [-0.25, -0.2) is 9.18 Å². The standard InChI is InChI=1S/C11H9ClF3N3O3/c12-2-1-5-3-18(10(20)17-8(5)16)9-11(14,15)7(13)6(4-19)21-9/h3,6-7,9,19H,4H2,(H2,16,17,20). The molecule has 114 valence electrons. The van der Waals surface area contributed by atoms with Crippen molar-refractivity contribution in [2.45, 2.75) is 24.4 Å². The van der Waals surface area contributed by atoms with Gasteiger partial charge in [-0.05, 0) is 17.5 Å². The summed E-state index contributed by atoms with van der Waals surface area (Å²) in [5.41, 5.74) is 4.14. The monoisotopic (exact) mass is 323 g/mol. The number of alkyl halides is 3. The molecule has 1 aromatic heterocycles. The lowest BCUT2D eigenvalue weighted by Crippen LogP contribution is -2.40. The van der Waals surface area contributed by atoms with E-state index < -0.39 is 36.7 Å². The molecule has 6 nitrogen and oxygen atoms in total. The van der Waals surface area contributed by atoms with Gasteiger partial charge in [-0.3, -0.25) is 4.57 Å². The predicted octanol–water partition coefficient (Wildman–Crippen LogP) is 0.236. The molecule has 2 rings (SSSR count). The molecule has 0 aromatic carbocycles. The van der Waals surface area contributed by atoms with Crippen LogP contribution in [0.25, 0.3) is 0 Å². The van der Waals surface area contributed by atoms with Gasteiger partial charge in [0.05, 0.1) is 12.2 Å². The summed E-state index contributed by atoms with van der Waals surface area (Å²) in [5.74, 6) is -2.08. The van der Waals surface area contributed by atoms with Crippen LogP contribution in [0.1, 0.15) is 11.8 Å². The predicted molar refractivity (Wildman–Crippen MR) is 66.5 cm³/mol. The van der Waals surface area contributed by atoms with Gasteiger partial charge in [0, 0.05) is 11.6 Å². The molecular weight excluding hydrogens is 315 g/mol. The molecule has 0 bridgehead atoms. The molecule has 0 spiro atoms. The Hall–Kier alpha value is -1.76. The second kappa shape index (κ2) is 5.55. The molecule has 1 saturated heterocycles. The Morgan fingerprint density at radius 1 is 1.62 bits per heavy atom. The second-order valence-electron chi connectivity index (χ2n) is 4.23. The first kappa shape index (κ1) is 15.6. The molecule has 1 fully saturated rings. The van der Waals surface area contributed by atoms with Crippen LogP contribution >= 0.6 is 11.6 Å². The minimum Gasteiger partial charge on any atom is -0.394 e. The maximum atomic E-state index is 13.8. The molecule has 1 aromatic rings. The number of aromatic nitrogens is 2. The van der Waals surface area contributed by atoms with Gasteiger partial charge in [-0.15, -0.1) is 0 Å². The lowest BCUT2D eigenvalue weighted by molar-refractivity contribution is -0.130. The van der Waals surface area contributed by atoms with Crippen molar-refractivity contribution in [2.75, 3.05) is 12.3 Å². The molecule has 0 aliphatic carbocycles. The first-order valence-electron chi connectivity index (χ1n) is 5.61. The number of hydrogen-bond acceptors (Lipinski definition) is 5. The molecule has 10 heteroatoms. The fraction of sp³-hybridized carbons (Fsp3) is 0.455. The zero-order valence-electron chi connectivity index (χ0n) is 10.3. The van der Waals surface area contributed by atoms with Crippen molar-refractivity contribution in [3.8, 4) is 11.3 Å². The third-order valence-electron chi connectivity index (χ3n) is 2.92. The van der Waals surface area contributed by atoms with E-state index in [1.807, 2.05) is 5.38 Å². The molecule has 3 unspecified atom stereocenters. The molecule has 3 N–H and O–H groups in total. The average molecular weight is 324 g/mol. The zero-order chi connectivity index (χ0) is 15.8. The van der Waals surface area contributed by atoms with Gasteiger partial charge < -0.3 is 15.6 Å². The van der Waals surface area contributed by atoms with Crippen LogP contribution < -0.4 is 11.4 Å². The van der Waals surface area contributed by atoms with Crippen molar-refractivity contribution in [1.29, 1.82) is 0 Å². The van der Waals surface area contributed by atoms with Crippen LogP contribution in [0, 0.1) is 11.3 Å². The third kappa shape index (κ3) is 2.57. The lowest BCUT2D eigenvalue weighted by atomic mass is 10.1. The highest BCUT2D eigenvalue weighted by atomic mass is 35.5. The Labute approximate surface area is 121 Å². The van der Waals surface area contributed by atoms with Gasteiger partial charge in [-0.1, -0.05) is 0 Å². The number of ether oxygens (including phenoxy) is 1. The molecule has 1 aliphatic heterocycles. The summed E-state index contributed by atoms with van der Waals surface area (Å²) >= 11 is 5.18. The topological polar surface area (TPSA) is 90.4 Å². The Bertz CT molecular complexity index is 670. The van der Waals surface area contributed by atoms with Crippen molar-refractivity contribution in [3.63, 3.8) is 0 Å². The first-order valence-corrected chi connectivity index (χ1v) is 5.99. The van der Waals surface area contributed by atoms with Gasteiger partial charge in [0.25, 0.3) is 0 Å². The summed E-state index contributed by atoms with van der Waals surface area (Å²) in [6, 6.07) is 0. The van der Waals surface area contributed by atoms with Crippen LogP contribution in [0.15, 0.2) is 11.0 Å². The highest BCUT2D eigenvalue weighted by Gasteiger charge is 2.60. The van der Waals surface area contributed by atoms with Gasteiger partial charge in [0.1, 0.15) is 11.9 Å². The molecule has 1 aliphatic rings. The first-order chi connectivity index (χ1) is 9.82. The zero-order valence-corrected chi connectivity index (χ0v) is 11.0. The van der Waals surface area contributed by atoms with Crippen molar-refractivity contribution in [1.82, 2.24) is 9.55 Å². The quantitative estimate of drug-likeness (QED) is 0.761. The minimum absolute atomic E-state index is 0.0909. The SMILES string of the molecule is Nc1nc(=O)n(C2OC(CO)C(F)C2(F)F)cc1C#CCl. The molecule has 3 atom stereocenters. The van der Waals surface area contributed by atoms with Crippen LogP contribution in [-0.4, -0.2) is 39.5 Å². The average Bonchev–Trinajstić information content (AvgIpc) is 2.65. The van der Waals surface area contributed by atoms with Crippen LogP contribution in [0.2, 0.25) is 0 Å². The normalized spacial score (nSPS) is 27.2. The van der Waals surface area contributed by atoms with E-state index in [0.29, 0.717) is 4.57 Å². The van der Waals surface area contributed by atoms with E-state index >= 15 is 0 Å².